The molecule has 38 heavy (non-hydrogen) atoms. The number of halogens is 6. The second-order valence-electron chi connectivity index (χ2n) is 7.95. The van der Waals surface area contributed by atoms with Crippen LogP contribution in [0, 0.1) is 0 Å². The number of carboxylic acids is 2. The van der Waals surface area contributed by atoms with Crippen molar-refractivity contribution in [3.63, 3.8) is 0 Å². The van der Waals surface area contributed by atoms with Crippen LogP contribution >= 0.6 is 0 Å². The first-order valence-electron chi connectivity index (χ1n) is 11.1. The third-order valence-corrected chi connectivity index (χ3v) is 5.29. The molecule has 208 valence electrons. The Kier molecular flexibility index (Phi) is 10.4. The fraction of sp³-hybridized carbons (Fsp3) is 0.391. The van der Waals surface area contributed by atoms with Crippen molar-refractivity contribution in [1.82, 2.24) is 19.3 Å². The lowest BCUT2D eigenvalue weighted by atomic mass is 10.1. The Labute approximate surface area is 212 Å². The number of aryl methyl sites for hydroxylation is 1. The van der Waals surface area contributed by atoms with E-state index < -0.39 is 24.3 Å². The summed E-state index contributed by atoms with van der Waals surface area (Å²) in [5, 5.41) is 14.2. The maximum absolute atomic E-state index is 10.6. The molecule has 4 rings (SSSR count). The number of carbonyl (C=O) groups is 2. The molecule has 0 spiro atoms. The lowest BCUT2D eigenvalue weighted by molar-refractivity contribution is -0.193. The lowest BCUT2D eigenvalue weighted by Crippen LogP contribution is -2.46. The summed E-state index contributed by atoms with van der Waals surface area (Å²) >= 11 is 0. The number of fused-ring (bicyclic) bond motifs is 1. The normalized spacial score (nSPS) is 14.2. The molecule has 0 saturated carbocycles. The van der Waals surface area contributed by atoms with Gasteiger partial charge < -0.3 is 19.5 Å². The fourth-order valence-corrected chi connectivity index (χ4v) is 3.32. The van der Waals surface area contributed by atoms with Gasteiger partial charge in [0.1, 0.15) is 0 Å². The molecule has 1 saturated heterocycles. The van der Waals surface area contributed by atoms with E-state index in [1.807, 2.05) is 29.2 Å². The van der Waals surface area contributed by atoms with Gasteiger partial charge in [-0.1, -0.05) is 31.2 Å². The van der Waals surface area contributed by atoms with Crippen molar-refractivity contribution in [3.8, 4) is 0 Å². The number of hydrogen-bond acceptors (Lipinski definition) is 6. The van der Waals surface area contributed by atoms with Crippen LogP contribution in [0.2, 0.25) is 0 Å². The summed E-state index contributed by atoms with van der Waals surface area (Å²) in [6.07, 6.45) is -1.47. The Hall–Kier alpha value is -3.88. The molecule has 0 amide bonds. The van der Waals surface area contributed by atoms with Crippen molar-refractivity contribution >= 4 is 23.4 Å². The van der Waals surface area contributed by atoms with Crippen LogP contribution < -0.4 is 4.90 Å². The average Bonchev–Trinajstić information content (AvgIpc) is 3.34. The average molecular weight is 549 g/mol. The molecule has 1 fully saturated rings. The van der Waals surface area contributed by atoms with Gasteiger partial charge in [-0.2, -0.15) is 26.3 Å². The molecule has 9 nitrogen and oxygen atoms in total. The van der Waals surface area contributed by atoms with Crippen molar-refractivity contribution < 1.29 is 46.1 Å². The molecule has 0 atom stereocenters. The second-order valence-corrected chi connectivity index (χ2v) is 7.95. The van der Waals surface area contributed by atoms with Crippen LogP contribution in [0.1, 0.15) is 18.1 Å². The van der Waals surface area contributed by atoms with Gasteiger partial charge in [0.15, 0.2) is 11.5 Å². The third-order valence-electron chi connectivity index (χ3n) is 5.29. The van der Waals surface area contributed by atoms with Gasteiger partial charge in [-0.3, -0.25) is 4.90 Å². The predicted molar refractivity (Wildman–Crippen MR) is 124 cm³/mol. The van der Waals surface area contributed by atoms with Crippen molar-refractivity contribution in [2.75, 3.05) is 31.1 Å². The van der Waals surface area contributed by atoms with Crippen molar-refractivity contribution in [2.45, 2.75) is 32.2 Å². The van der Waals surface area contributed by atoms with Gasteiger partial charge in [-0.05, 0) is 17.5 Å². The van der Waals surface area contributed by atoms with Crippen molar-refractivity contribution in [1.29, 1.82) is 0 Å². The number of alkyl halides is 6. The number of rotatable bonds is 4. The van der Waals surface area contributed by atoms with Crippen LogP contribution in [-0.2, 0) is 22.6 Å². The van der Waals surface area contributed by atoms with E-state index in [4.69, 9.17) is 19.8 Å². The van der Waals surface area contributed by atoms with E-state index in [9.17, 15) is 26.3 Å². The monoisotopic (exact) mass is 549 g/mol. The van der Waals surface area contributed by atoms with E-state index in [0.29, 0.717) is 0 Å². The van der Waals surface area contributed by atoms with Gasteiger partial charge in [0.2, 0.25) is 0 Å². The topological polar surface area (TPSA) is 111 Å². The molecule has 3 heterocycles. The highest BCUT2D eigenvalue weighted by molar-refractivity contribution is 5.73. The smallest absolute Gasteiger partial charge is 0.475 e. The van der Waals surface area contributed by atoms with Crippen LogP contribution in [0.5, 0.6) is 0 Å². The minimum Gasteiger partial charge on any atom is -0.475 e. The summed E-state index contributed by atoms with van der Waals surface area (Å²) in [7, 11) is 0. The van der Waals surface area contributed by atoms with Crippen molar-refractivity contribution in [2.24, 2.45) is 0 Å². The SMILES string of the molecule is CCc1ccc(CN2CCN(c3nccn4ccnc34)CC2)cc1.O=C(O)C(F)(F)F.O=C(O)C(F)(F)F. The number of piperazine rings is 1. The number of aromatic nitrogens is 3. The highest BCUT2D eigenvalue weighted by Gasteiger charge is 2.38. The van der Waals surface area contributed by atoms with Crippen LogP contribution in [-0.4, -0.2) is 80.0 Å². The van der Waals surface area contributed by atoms with Crippen LogP contribution in [0.15, 0.2) is 49.1 Å². The minimum absolute atomic E-state index is 0.945. The van der Waals surface area contributed by atoms with Gasteiger partial charge in [0, 0.05) is 57.5 Å². The van der Waals surface area contributed by atoms with Crippen LogP contribution in [0.25, 0.3) is 5.65 Å². The highest BCUT2D eigenvalue weighted by atomic mass is 19.4. The Morgan fingerprint density at radius 1 is 0.816 bits per heavy atom. The maximum atomic E-state index is 10.6. The Morgan fingerprint density at radius 2 is 1.26 bits per heavy atom. The number of carboxylic acid groups (broad SMARTS) is 2. The molecule has 2 aromatic heterocycles. The number of anilines is 1. The molecular formula is C23H25F6N5O4. The van der Waals surface area contributed by atoms with Gasteiger partial charge in [0.05, 0.1) is 0 Å². The molecule has 0 bridgehead atoms. The molecule has 15 heteroatoms. The highest BCUT2D eigenvalue weighted by Crippen LogP contribution is 2.19. The first-order valence-corrected chi connectivity index (χ1v) is 11.1. The summed E-state index contributed by atoms with van der Waals surface area (Å²) in [6, 6.07) is 9.01. The van der Waals surface area contributed by atoms with E-state index in [1.165, 1.54) is 11.1 Å². The Bertz CT molecular complexity index is 1170. The standard InChI is InChI=1S/C19H23N5.2C2HF3O2/c1-2-16-3-5-17(6-4-16)15-22-11-13-24(14-12-22)19-18-20-7-9-23(18)10-8-21-19;2*3-2(4,5)1(6)7/h3-10H,2,11-15H2,1H3;2*(H,6,7). The minimum atomic E-state index is -5.08. The lowest BCUT2D eigenvalue weighted by Gasteiger charge is -2.35. The first kappa shape index (κ1) is 30.3. The number of aliphatic carboxylic acids is 2. The molecule has 1 aliphatic heterocycles. The summed E-state index contributed by atoms with van der Waals surface area (Å²) in [6.45, 7) is 7.32. The first-order chi connectivity index (χ1) is 17.7. The zero-order chi connectivity index (χ0) is 28.5. The number of hydrogen-bond donors (Lipinski definition) is 2. The van der Waals surface area contributed by atoms with E-state index >= 15 is 0 Å². The van der Waals surface area contributed by atoms with Gasteiger partial charge in [-0.15, -0.1) is 0 Å². The van der Waals surface area contributed by atoms with E-state index in [1.54, 1.807) is 0 Å². The van der Waals surface area contributed by atoms with E-state index in [2.05, 4.69) is 51.0 Å². The summed E-state index contributed by atoms with van der Waals surface area (Å²) < 4.78 is 65.5. The molecule has 1 aromatic carbocycles. The molecule has 0 aliphatic carbocycles. The van der Waals surface area contributed by atoms with Gasteiger partial charge in [0.25, 0.3) is 0 Å². The zero-order valence-electron chi connectivity index (χ0n) is 20.1. The Morgan fingerprint density at radius 3 is 1.71 bits per heavy atom. The molecule has 0 radical (unpaired) electrons. The molecule has 1 aliphatic rings. The fourth-order valence-electron chi connectivity index (χ4n) is 3.32. The van der Waals surface area contributed by atoms with Gasteiger partial charge >= 0.3 is 24.3 Å². The number of benzene rings is 1. The molecule has 0 unspecified atom stereocenters. The maximum Gasteiger partial charge on any atom is 0.490 e. The summed E-state index contributed by atoms with van der Waals surface area (Å²) in [4.78, 5) is 31.7. The van der Waals surface area contributed by atoms with E-state index in [0.717, 1.165) is 50.6 Å². The van der Waals surface area contributed by atoms with Gasteiger partial charge in [-0.25, -0.2) is 19.6 Å². The number of imidazole rings is 1. The summed E-state index contributed by atoms with van der Waals surface area (Å²) in [5.74, 6) is -4.52. The van der Waals surface area contributed by atoms with E-state index in [-0.39, 0.29) is 0 Å². The molecule has 3 aromatic rings. The molecular weight excluding hydrogens is 524 g/mol. The quantitative estimate of drug-likeness (QED) is 0.472. The predicted octanol–water partition coefficient (Wildman–Crippen LogP) is 3.88. The zero-order valence-corrected chi connectivity index (χ0v) is 20.1. The number of nitrogens with zero attached hydrogens (tertiary/aromatic N) is 5. The third kappa shape index (κ3) is 9.21. The van der Waals surface area contributed by atoms with Crippen LogP contribution in [0.4, 0.5) is 32.2 Å². The van der Waals surface area contributed by atoms with Crippen LogP contribution in [0.3, 0.4) is 0 Å². The Balaban J connectivity index is 0.000000301. The second kappa shape index (κ2) is 13.1. The largest absolute Gasteiger partial charge is 0.490 e. The molecule has 2 N–H and O–H groups in total. The van der Waals surface area contributed by atoms with Crippen molar-refractivity contribution in [3.05, 3.63) is 60.2 Å². The summed E-state index contributed by atoms with van der Waals surface area (Å²) in [5.41, 5.74) is 3.75.